The fourth-order valence-corrected chi connectivity index (χ4v) is 2.39. The molecule has 2 aliphatic carbocycles. The molecule has 4 atom stereocenters. The summed E-state index contributed by atoms with van der Waals surface area (Å²) in [5, 5.41) is 0. The van der Waals surface area contributed by atoms with Crippen LogP contribution in [0.5, 0.6) is 0 Å². The molecule has 2 saturated carbocycles. The lowest BCUT2D eigenvalue weighted by atomic mass is 9.52. The molecule has 52 valence electrons. The van der Waals surface area contributed by atoms with Crippen molar-refractivity contribution in [3.8, 4) is 0 Å². The largest absolute Gasteiger partial charge is 0.301 e. The number of hydrogen-bond acceptors (Lipinski definition) is 2. The Labute approximate surface area is 55.3 Å². The Balaban J connectivity index is 1.92. The number of nitrogens with two attached hydrogens (primary N) is 1. The van der Waals surface area contributed by atoms with Gasteiger partial charge in [0.1, 0.15) is 0 Å². The van der Waals surface area contributed by atoms with Crippen molar-refractivity contribution in [1.29, 1.82) is 0 Å². The second kappa shape index (κ2) is 1.70. The maximum Gasteiger partial charge on any atom is 0.0823 e. The average Bonchev–Trinajstić information content (AvgIpc) is 1.80. The van der Waals surface area contributed by atoms with Crippen molar-refractivity contribution >= 4 is 0 Å². The van der Waals surface area contributed by atoms with Crippen LogP contribution in [-0.4, -0.2) is 6.10 Å². The zero-order chi connectivity index (χ0) is 6.43. The van der Waals surface area contributed by atoms with Gasteiger partial charge in [0.25, 0.3) is 0 Å². The van der Waals surface area contributed by atoms with Crippen molar-refractivity contribution in [1.82, 2.24) is 0 Å². The van der Waals surface area contributed by atoms with E-state index in [4.69, 9.17) is 10.7 Å². The van der Waals surface area contributed by atoms with Gasteiger partial charge in [-0.3, -0.25) is 0 Å². The smallest absolute Gasteiger partial charge is 0.0823 e. The summed E-state index contributed by atoms with van der Waals surface area (Å²) in [5.41, 5.74) is 0. The van der Waals surface area contributed by atoms with Crippen molar-refractivity contribution in [3.05, 3.63) is 0 Å². The zero-order valence-corrected chi connectivity index (χ0v) is 5.71. The SMILES string of the molecule is CC1CC2CC(ON)C12. The Morgan fingerprint density at radius 3 is 2.56 bits per heavy atom. The Kier molecular flexibility index (Phi) is 1.08. The van der Waals surface area contributed by atoms with E-state index in [1.807, 2.05) is 0 Å². The quantitative estimate of drug-likeness (QED) is 0.531. The molecule has 0 aromatic carbocycles. The van der Waals surface area contributed by atoms with Crippen LogP contribution in [0.15, 0.2) is 0 Å². The van der Waals surface area contributed by atoms with Crippen molar-refractivity contribution in [2.45, 2.75) is 25.9 Å². The van der Waals surface area contributed by atoms with Gasteiger partial charge < -0.3 is 4.84 Å². The first-order valence-corrected chi connectivity index (χ1v) is 3.68. The van der Waals surface area contributed by atoms with E-state index in [9.17, 15) is 0 Å². The second-order valence-electron chi connectivity index (χ2n) is 3.46. The van der Waals surface area contributed by atoms with E-state index in [1.165, 1.54) is 12.8 Å². The fourth-order valence-electron chi connectivity index (χ4n) is 2.39. The predicted molar refractivity (Wildman–Crippen MR) is 34.4 cm³/mol. The molecule has 9 heavy (non-hydrogen) atoms. The molecule has 2 nitrogen and oxygen atoms in total. The van der Waals surface area contributed by atoms with Crippen molar-refractivity contribution in [3.63, 3.8) is 0 Å². The normalized spacial score (nSPS) is 55.3. The highest BCUT2D eigenvalue weighted by Gasteiger charge is 2.52. The molecule has 4 unspecified atom stereocenters. The van der Waals surface area contributed by atoms with E-state index in [2.05, 4.69) is 6.92 Å². The summed E-state index contributed by atoms with van der Waals surface area (Å²) in [6.07, 6.45) is 3.02. The van der Waals surface area contributed by atoms with Gasteiger partial charge in [-0.25, -0.2) is 5.90 Å². The average molecular weight is 127 g/mol. The number of rotatable bonds is 1. The molecule has 0 spiro atoms. The minimum atomic E-state index is 0.402. The molecule has 2 heteroatoms. The molecule has 0 aromatic heterocycles. The summed E-state index contributed by atoms with van der Waals surface area (Å²) in [4.78, 5) is 4.79. The summed E-state index contributed by atoms with van der Waals surface area (Å²) in [7, 11) is 0. The molecule has 0 aliphatic heterocycles. The molecule has 0 bridgehead atoms. The second-order valence-corrected chi connectivity index (χ2v) is 3.46. The van der Waals surface area contributed by atoms with Gasteiger partial charge >= 0.3 is 0 Å². The molecule has 2 aliphatic rings. The highest BCUT2D eigenvalue weighted by molar-refractivity contribution is 5.01. The van der Waals surface area contributed by atoms with Crippen molar-refractivity contribution < 1.29 is 4.84 Å². The van der Waals surface area contributed by atoms with Crippen LogP contribution in [0.3, 0.4) is 0 Å². The topological polar surface area (TPSA) is 35.2 Å². The van der Waals surface area contributed by atoms with Crippen LogP contribution in [0.1, 0.15) is 19.8 Å². The molecule has 2 N–H and O–H groups in total. The highest BCUT2D eigenvalue weighted by Crippen LogP contribution is 2.54. The van der Waals surface area contributed by atoms with Crippen LogP contribution in [-0.2, 0) is 4.84 Å². The lowest BCUT2D eigenvalue weighted by Crippen LogP contribution is -2.55. The lowest BCUT2D eigenvalue weighted by Gasteiger charge is -2.56. The van der Waals surface area contributed by atoms with E-state index in [0.29, 0.717) is 6.10 Å². The molecular weight excluding hydrogens is 114 g/mol. The monoisotopic (exact) mass is 127 g/mol. The third kappa shape index (κ3) is 0.578. The van der Waals surface area contributed by atoms with Gasteiger partial charge in [0.15, 0.2) is 0 Å². The van der Waals surface area contributed by atoms with Crippen molar-refractivity contribution in [2.24, 2.45) is 23.7 Å². The van der Waals surface area contributed by atoms with Gasteiger partial charge in [-0.15, -0.1) is 0 Å². The molecule has 2 fully saturated rings. The molecule has 0 amide bonds. The van der Waals surface area contributed by atoms with E-state index in [1.54, 1.807) is 0 Å². The van der Waals surface area contributed by atoms with Crippen LogP contribution < -0.4 is 5.90 Å². The Morgan fingerprint density at radius 1 is 1.44 bits per heavy atom. The van der Waals surface area contributed by atoms with Gasteiger partial charge in [0, 0.05) is 0 Å². The molecule has 0 heterocycles. The van der Waals surface area contributed by atoms with Crippen LogP contribution in [0.2, 0.25) is 0 Å². The first-order valence-electron chi connectivity index (χ1n) is 3.68. The Bertz CT molecular complexity index is 122. The summed E-state index contributed by atoms with van der Waals surface area (Å²) in [5.74, 6) is 7.74. The summed E-state index contributed by atoms with van der Waals surface area (Å²) in [6, 6.07) is 0. The summed E-state index contributed by atoms with van der Waals surface area (Å²) >= 11 is 0. The predicted octanol–water partition coefficient (Wildman–Crippen LogP) is 0.921. The molecular formula is C7H13NO. The van der Waals surface area contributed by atoms with Gasteiger partial charge in [-0.1, -0.05) is 6.92 Å². The van der Waals surface area contributed by atoms with Gasteiger partial charge in [-0.2, -0.15) is 0 Å². The van der Waals surface area contributed by atoms with Gasteiger partial charge in [0.05, 0.1) is 6.10 Å². The van der Waals surface area contributed by atoms with Crippen LogP contribution in [0.4, 0.5) is 0 Å². The number of hydrogen-bond donors (Lipinski definition) is 1. The molecule has 0 radical (unpaired) electrons. The molecule has 0 saturated heterocycles. The van der Waals surface area contributed by atoms with Crippen LogP contribution in [0, 0.1) is 17.8 Å². The van der Waals surface area contributed by atoms with E-state index in [0.717, 1.165) is 17.8 Å². The van der Waals surface area contributed by atoms with Crippen molar-refractivity contribution in [2.75, 3.05) is 0 Å². The first kappa shape index (κ1) is 5.69. The first-order chi connectivity index (χ1) is 4.33. The van der Waals surface area contributed by atoms with Crippen LogP contribution in [0.25, 0.3) is 0 Å². The Hall–Kier alpha value is -0.0800. The maximum absolute atomic E-state index is 5.08. The third-order valence-electron chi connectivity index (χ3n) is 3.02. The van der Waals surface area contributed by atoms with Crippen LogP contribution >= 0.6 is 0 Å². The molecule has 0 aromatic rings. The third-order valence-corrected chi connectivity index (χ3v) is 3.02. The summed E-state index contributed by atoms with van der Waals surface area (Å²) < 4.78 is 0. The maximum atomic E-state index is 5.08. The van der Waals surface area contributed by atoms with E-state index >= 15 is 0 Å². The minimum Gasteiger partial charge on any atom is -0.301 e. The zero-order valence-electron chi connectivity index (χ0n) is 5.71. The summed E-state index contributed by atoms with van der Waals surface area (Å²) in [6.45, 7) is 2.28. The van der Waals surface area contributed by atoms with E-state index in [-0.39, 0.29) is 0 Å². The molecule has 2 rings (SSSR count). The Morgan fingerprint density at radius 2 is 2.22 bits per heavy atom. The standard InChI is InChI=1S/C7H13NO/c1-4-2-5-3-6(9-8)7(4)5/h4-7H,2-3,8H2,1H3. The van der Waals surface area contributed by atoms with Gasteiger partial charge in [0.2, 0.25) is 0 Å². The lowest BCUT2D eigenvalue weighted by molar-refractivity contribution is -0.167. The van der Waals surface area contributed by atoms with E-state index < -0.39 is 0 Å². The highest BCUT2D eigenvalue weighted by atomic mass is 16.6. The number of fused-ring (bicyclic) bond motifs is 1. The van der Waals surface area contributed by atoms with Gasteiger partial charge in [-0.05, 0) is 30.6 Å². The minimum absolute atomic E-state index is 0.402. The fraction of sp³-hybridized carbons (Fsp3) is 1.00.